The third-order valence-electron chi connectivity index (χ3n) is 3.91. The van der Waals surface area contributed by atoms with Crippen molar-refractivity contribution in [1.82, 2.24) is 9.38 Å². The summed E-state index contributed by atoms with van der Waals surface area (Å²) >= 11 is 1.46. The molecule has 0 bridgehead atoms. The fourth-order valence-corrected chi connectivity index (χ4v) is 3.65. The Morgan fingerprint density at radius 3 is 2.68 bits per heavy atom. The Balaban J connectivity index is 1.99. The molecule has 0 saturated carbocycles. The number of benzene rings is 1. The number of nitrogens with zero attached hydrogens (tertiary/aromatic N) is 3. The molecular weight excluding hydrogens is 337 g/mol. The Kier molecular flexibility index (Phi) is 4.86. The first kappa shape index (κ1) is 17.2. The second kappa shape index (κ2) is 7.08. The second-order valence-corrected chi connectivity index (χ2v) is 6.76. The molecule has 4 nitrogen and oxygen atoms in total. The van der Waals surface area contributed by atoms with Crippen LogP contribution in [0, 0.1) is 24.6 Å². The Morgan fingerprint density at radius 2 is 2.04 bits per heavy atom. The quantitative estimate of drug-likeness (QED) is 0.671. The van der Waals surface area contributed by atoms with Crippen LogP contribution in [-0.4, -0.2) is 15.9 Å². The van der Waals surface area contributed by atoms with E-state index >= 15 is 0 Å². The molecule has 0 amide bonds. The van der Waals surface area contributed by atoms with Crippen LogP contribution in [-0.2, 0) is 6.54 Å². The van der Waals surface area contributed by atoms with Crippen molar-refractivity contribution >= 4 is 22.0 Å². The van der Waals surface area contributed by atoms with Gasteiger partial charge in [0.05, 0.1) is 12.2 Å². The summed E-state index contributed by atoms with van der Waals surface area (Å²) in [7, 11) is 0. The van der Waals surface area contributed by atoms with E-state index in [1.807, 2.05) is 18.7 Å². The molecule has 0 aliphatic heterocycles. The molecule has 0 saturated heterocycles. The number of anilines is 1. The molecule has 6 heteroatoms. The van der Waals surface area contributed by atoms with E-state index < -0.39 is 0 Å². The number of hydrogen-bond donors (Lipinski definition) is 0. The Hall–Kier alpha value is -2.65. The number of fused-ring (bicyclic) bond motifs is 1. The number of halogens is 1. The van der Waals surface area contributed by atoms with Crippen molar-refractivity contribution in [2.24, 2.45) is 0 Å². The molecule has 2 heterocycles. The van der Waals surface area contributed by atoms with Crippen molar-refractivity contribution < 1.29 is 4.39 Å². The molecule has 0 unspecified atom stereocenters. The van der Waals surface area contributed by atoms with E-state index in [4.69, 9.17) is 0 Å². The van der Waals surface area contributed by atoms with E-state index in [-0.39, 0.29) is 11.4 Å². The topological polar surface area (TPSA) is 37.6 Å². The van der Waals surface area contributed by atoms with Gasteiger partial charge in [0.15, 0.2) is 4.96 Å². The maximum Gasteiger partial charge on any atom is 0.259 e. The van der Waals surface area contributed by atoms with Gasteiger partial charge in [-0.1, -0.05) is 5.92 Å². The van der Waals surface area contributed by atoms with E-state index in [9.17, 15) is 9.18 Å². The molecule has 25 heavy (non-hydrogen) atoms. The first-order valence-electron chi connectivity index (χ1n) is 7.98. The smallest absolute Gasteiger partial charge is 0.259 e. The van der Waals surface area contributed by atoms with Crippen molar-refractivity contribution in [1.29, 1.82) is 0 Å². The third kappa shape index (κ3) is 3.42. The summed E-state index contributed by atoms with van der Waals surface area (Å²) in [5.41, 5.74) is 2.16. The summed E-state index contributed by atoms with van der Waals surface area (Å²) in [4.78, 5) is 20.8. The Labute approximate surface area is 149 Å². The standard InChI is InChI=1S/C19H18FN3OS/c1-4-6-17-13(3)25-19-21-15(11-18(24)23(17)19)12-22(5-2)16-9-7-14(20)8-10-16/h7-11H,5,12H2,1-3H3. The highest BCUT2D eigenvalue weighted by Crippen LogP contribution is 2.21. The fourth-order valence-electron chi connectivity index (χ4n) is 2.70. The van der Waals surface area contributed by atoms with Gasteiger partial charge in [-0.3, -0.25) is 4.79 Å². The number of hydrogen-bond acceptors (Lipinski definition) is 4. The molecule has 0 atom stereocenters. The average molecular weight is 355 g/mol. The summed E-state index contributed by atoms with van der Waals surface area (Å²) in [6, 6.07) is 7.87. The monoisotopic (exact) mass is 355 g/mol. The zero-order chi connectivity index (χ0) is 18.0. The van der Waals surface area contributed by atoms with Gasteiger partial charge in [0.2, 0.25) is 0 Å². The summed E-state index contributed by atoms with van der Waals surface area (Å²) in [5.74, 6) is 5.55. The summed E-state index contributed by atoms with van der Waals surface area (Å²) in [6.07, 6.45) is 0. The van der Waals surface area contributed by atoms with Gasteiger partial charge in [0.25, 0.3) is 5.56 Å². The number of thiazole rings is 1. The molecule has 1 aromatic carbocycles. The van der Waals surface area contributed by atoms with E-state index in [1.54, 1.807) is 29.5 Å². The molecule has 2 aromatic heterocycles. The lowest BCUT2D eigenvalue weighted by molar-refractivity contribution is 0.627. The van der Waals surface area contributed by atoms with E-state index in [0.29, 0.717) is 22.9 Å². The van der Waals surface area contributed by atoms with Crippen molar-refractivity contribution in [3.8, 4) is 11.8 Å². The van der Waals surface area contributed by atoms with Crippen molar-refractivity contribution in [2.75, 3.05) is 11.4 Å². The third-order valence-corrected chi connectivity index (χ3v) is 4.87. The highest BCUT2D eigenvalue weighted by atomic mass is 32.1. The molecule has 0 aliphatic rings. The lowest BCUT2D eigenvalue weighted by Gasteiger charge is -2.22. The summed E-state index contributed by atoms with van der Waals surface area (Å²) in [5, 5.41) is 0. The molecule has 0 N–H and O–H groups in total. The molecule has 0 aliphatic carbocycles. The minimum atomic E-state index is -0.267. The highest BCUT2D eigenvalue weighted by Gasteiger charge is 2.13. The first-order chi connectivity index (χ1) is 12.0. The normalized spacial score (nSPS) is 10.6. The lowest BCUT2D eigenvalue weighted by atomic mass is 10.2. The SMILES string of the molecule is CC#Cc1c(C)sc2nc(CN(CC)c3ccc(F)cc3)cc(=O)n12. The molecule has 0 radical (unpaired) electrons. The van der Waals surface area contributed by atoms with Gasteiger partial charge in [0, 0.05) is 23.2 Å². The van der Waals surface area contributed by atoms with Crippen LogP contribution < -0.4 is 10.5 Å². The molecule has 128 valence electrons. The minimum Gasteiger partial charge on any atom is -0.366 e. The van der Waals surface area contributed by atoms with E-state index in [1.165, 1.54) is 23.5 Å². The molecule has 3 aromatic rings. The molecular formula is C19H18FN3OS. The average Bonchev–Trinajstić information content (AvgIpc) is 2.90. The molecule has 0 spiro atoms. The maximum atomic E-state index is 13.1. The maximum absolute atomic E-state index is 13.1. The first-order valence-corrected chi connectivity index (χ1v) is 8.80. The van der Waals surface area contributed by atoms with Gasteiger partial charge in [-0.05, 0) is 51.0 Å². The van der Waals surface area contributed by atoms with Gasteiger partial charge < -0.3 is 4.90 Å². The van der Waals surface area contributed by atoms with Crippen LogP contribution in [0.25, 0.3) is 4.96 Å². The van der Waals surface area contributed by atoms with Crippen LogP contribution in [0.15, 0.2) is 35.1 Å². The Bertz CT molecular complexity index is 1020. The van der Waals surface area contributed by atoms with Crippen molar-refractivity contribution in [3.05, 3.63) is 62.8 Å². The van der Waals surface area contributed by atoms with Crippen molar-refractivity contribution in [2.45, 2.75) is 27.3 Å². The predicted octanol–water partition coefficient (Wildman–Crippen LogP) is 3.60. The number of rotatable bonds is 4. The van der Waals surface area contributed by atoms with Crippen LogP contribution >= 0.6 is 11.3 Å². The zero-order valence-corrected chi connectivity index (χ0v) is 15.2. The van der Waals surface area contributed by atoms with E-state index in [0.717, 1.165) is 17.1 Å². The van der Waals surface area contributed by atoms with Crippen LogP contribution in [0.3, 0.4) is 0 Å². The largest absolute Gasteiger partial charge is 0.366 e. The van der Waals surface area contributed by atoms with E-state index in [2.05, 4.69) is 16.8 Å². The van der Waals surface area contributed by atoms with Crippen molar-refractivity contribution in [3.63, 3.8) is 0 Å². The minimum absolute atomic E-state index is 0.128. The molecule has 3 rings (SSSR count). The number of aryl methyl sites for hydroxylation is 1. The fraction of sp³-hybridized carbons (Fsp3) is 0.263. The molecule has 0 fully saturated rings. The second-order valence-electron chi connectivity index (χ2n) is 5.58. The predicted molar refractivity (Wildman–Crippen MR) is 99.8 cm³/mol. The lowest BCUT2D eigenvalue weighted by Crippen LogP contribution is -2.25. The number of aromatic nitrogens is 2. The van der Waals surface area contributed by atoms with Crippen LogP contribution in [0.4, 0.5) is 10.1 Å². The van der Waals surface area contributed by atoms with Crippen LogP contribution in [0.1, 0.15) is 30.1 Å². The zero-order valence-electron chi connectivity index (χ0n) is 14.3. The Morgan fingerprint density at radius 1 is 1.32 bits per heavy atom. The summed E-state index contributed by atoms with van der Waals surface area (Å²) in [6.45, 7) is 6.91. The van der Waals surface area contributed by atoms with Gasteiger partial charge in [-0.25, -0.2) is 13.8 Å². The van der Waals surface area contributed by atoms with Crippen LogP contribution in [0.5, 0.6) is 0 Å². The summed E-state index contributed by atoms with van der Waals surface area (Å²) < 4.78 is 14.7. The van der Waals surface area contributed by atoms with Gasteiger partial charge in [0.1, 0.15) is 11.5 Å². The van der Waals surface area contributed by atoms with Gasteiger partial charge in [-0.15, -0.1) is 11.3 Å². The van der Waals surface area contributed by atoms with Crippen LogP contribution in [0.2, 0.25) is 0 Å². The van der Waals surface area contributed by atoms with Gasteiger partial charge in [-0.2, -0.15) is 0 Å². The van der Waals surface area contributed by atoms with Gasteiger partial charge >= 0.3 is 0 Å². The highest BCUT2D eigenvalue weighted by molar-refractivity contribution is 7.17.